The lowest BCUT2D eigenvalue weighted by molar-refractivity contribution is 1.15. The maximum Gasteiger partial charge on any atom is 0.0426 e. The predicted octanol–water partition coefficient (Wildman–Crippen LogP) is 4.71. The molecule has 2 aromatic carbocycles. The van der Waals surface area contributed by atoms with Gasteiger partial charge in [0, 0.05) is 21.7 Å². The zero-order chi connectivity index (χ0) is 11.4. The average Bonchev–Trinajstić information content (AvgIpc) is 2.28. The van der Waals surface area contributed by atoms with Crippen molar-refractivity contribution in [3.63, 3.8) is 0 Å². The van der Waals surface area contributed by atoms with E-state index in [0.717, 1.165) is 21.7 Å². The van der Waals surface area contributed by atoms with Gasteiger partial charge in [0.15, 0.2) is 0 Å². The monoisotopic (exact) mass is 295 g/mol. The molecular formula is C13H11BrClN. The lowest BCUT2D eigenvalue weighted by atomic mass is 10.2. The SMILES string of the molecule is Clc1cccc(NCc2ccc(Br)cc2)c1. The lowest BCUT2D eigenvalue weighted by Crippen LogP contribution is -1.98. The van der Waals surface area contributed by atoms with Crippen molar-refractivity contribution in [3.8, 4) is 0 Å². The van der Waals surface area contributed by atoms with Crippen LogP contribution in [0.1, 0.15) is 5.56 Å². The third-order valence-electron chi connectivity index (χ3n) is 2.23. The standard InChI is InChI=1S/C13H11BrClN/c14-11-6-4-10(5-7-11)9-16-13-3-1-2-12(15)8-13/h1-8,16H,9H2. The van der Waals surface area contributed by atoms with Crippen molar-refractivity contribution in [2.45, 2.75) is 6.54 Å². The van der Waals surface area contributed by atoms with Crippen LogP contribution in [-0.2, 0) is 6.54 Å². The van der Waals surface area contributed by atoms with Gasteiger partial charge in [-0.2, -0.15) is 0 Å². The van der Waals surface area contributed by atoms with Gasteiger partial charge in [0.05, 0.1) is 0 Å². The zero-order valence-electron chi connectivity index (χ0n) is 8.58. The first-order valence-corrected chi connectivity index (χ1v) is 6.15. The molecule has 16 heavy (non-hydrogen) atoms. The van der Waals surface area contributed by atoms with Crippen LogP contribution in [-0.4, -0.2) is 0 Å². The van der Waals surface area contributed by atoms with Crippen molar-refractivity contribution in [2.24, 2.45) is 0 Å². The van der Waals surface area contributed by atoms with Gasteiger partial charge in [0.2, 0.25) is 0 Å². The molecule has 0 aliphatic rings. The molecule has 1 nitrogen and oxygen atoms in total. The number of rotatable bonds is 3. The van der Waals surface area contributed by atoms with Gasteiger partial charge < -0.3 is 5.32 Å². The van der Waals surface area contributed by atoms with Gasteiger partial charge in [-0.25, -0.2) is 0 Å². The van der Waals surface area contributed by atoms with Crippen LogP contribution < -0.4 is 5.32 Å². The van der Waals surface area contributed by atoms with Crippen LogP contribution in [0, 0.1) is 0 Å². The molecule has 0 saturated carbocycles. The summed E-state index contributed by atoms with van der Waals surface area (Å²) in [5.74, 6) is 0. The van der Waals surface area contributed by atoms with Crippen LogP contribution in [0.5, 0.6) is 0 Å². The van der Waals surface area contributed by atoms with Crippen molar-refractivity contribution in [1.29, 1.82) is 0 Å². The third kappa shape index (κ3) is 3.26. The molecular weight excluding hydrogens is 286 g/mol. The minimum Gasteiger partial charge on any atom is -0.381 e. The van der Waals surface area contributed by atoms with Gasteiger partial charge in [0.25, 0.3) is 0 Å². The molecule has 2 rings (SSSR count). The highest BCUT2D eigenvalue weighted by molar-refractivity contribution is 9.10. The van der Waals surface area contributed by atoms with Crippen LogP contribution >= 0.6 is 27.5 Å². The lowest BCUT2D eigenvalue weighted by Gasteiger charge is -2.06. The Morgan fingerprint density at radius 1 is 1.06 bits per heavy atom. The molecule has 3 heteroatoms. The van der Waals surface area contributed by atoms with E-state index in [4.69, 9.17) is 11.6 Å². The van der Waals surface area contributed by atoms with E-state index in [0.29, 0.717) is 0 Å². The summed E-state index contributed by atoms with van der Waals surface area (Å²) in [6, 6.07) is 16.0. The van der Waals surface area contributed by atoms with E-state index in [-0.39, 0.29) is 0 Å². The molecule has 1 N–H and O–H groups in total. The Hall–Kier alpha value is -0.990. The van der Waals surface area contributed by atoms with Crippen LogP contribution in [0.4, 0.5) is 5.69 Å². The molecule has 82 valence electrons. The summed E-state index contributed by atoms with van der Waals surface area (Å²) < 4.78 is 1.10. The Balaban J connectivity index is 1.99. The Morgan fingerprint density at radius 3 is 2.50 bits per heavy atom. The van der Waals surface area contributed by atoms with E-state index in [1.54, 1.807) is 0 Å². The van der Waals surface area contributed by atoms with E-state index < -0.39 is 0 Å². The van der Waals surface area contributed by atoms with Crippen molar-refractivity contribution in [1.82, 2.24) is 0 Å². The molecule has 0 amide bonds. The summed E-state index contributed by atoms with van der Waals surface area (Å²) in [5, 5.41) is 4.07. The summed E-state index contributed by atoms with van der Waals surface area (Å²) >= 11 is 9.31. The summed E-state index contributed by atoms with van der Waals surface area (Å²) in [6.45, 7) is 0.799. The molecule has 0 atom stereocenters. The van der Waals surface area contributed by atoms with Crippen molar-refractivity contribution in [3.05, 3.63) is 63.6 Å². The summed E-state index contributed by atoms with van der Waals surface area (Å²) in [6.07, 6.45) is 0. The number of nitrogens with one attached hydrogen (secondary N) is 1. The summed E-state index contributed by atoms with van der Waals surface area (Å²) in [5.41, 5.74) is 2.28. The van der Waals surface area contributed by atoms with Gasteiger partial charge in [0.1, 0.15) is 0 Å². The molecule has 0 aromatic heterocycles. The minimum atomic E-state index is 0.751. The summed E-state index contributed by atoms with van der Waals surface area (Å²) in [7, 11) is 0. The van der Waals surface area contributed by atoms with Gasteiger partial charge in [-0.1, -0.05) is 45.7 Å². The van der Waals surface area contributed by atoms with Gasteiger partial charge >= 0.3 is 0 Å². The largest absolute Gasteiger partial charge is 0.381 e. The molecule has 0 unspecified atom stereocenters. The Bertz CT molecular complexity index is 468. The van der Waals surface area contributed by atoms with Crippen molar-refractivity contribution >= 4 is 33.2 Å². The predicted molar refractivity (Wildman–Crippen MR) is 72.9 cm³/mol. The van der Waals surface area contributed by atoms with E-state index >= 15 is 0 Å². The first-order chi connectivity index (χ1) is 7.74. The van der Waals surface area contributed by atoms with Crippen LogP contribution in [0.2, 0.25) is 5.02 Å². The quantitative estimate of drug-likeness (QED) is 0.864. The molecule has 0 bridgehead atoms. The Kier molecular flexibility index (Phi) is 3.86. The average molecular weight is 297 g/mol. The third-order valence-corrected chi connectivity index (χ3v) is 3.00. The fourth-order valence-electron chi connectivity index (χ4n) is 1.40. The van der Waals surface area contributed by atoms with Gasteiger partial charge in [-0.05, 0) is 35.9 Å². The summed E-state index contributed by atoms with van der Waals surface area (Å²) in [4.78, 5) is 0. The second kappa shape index (κ2) is 5.37. The molecule has 0 radical (unpaired) electrons. The van der Waals surface area contributed by atoms with Crippen LogP contribution in [0.25, 0.3) is 0 Å². The highest BCUT2D eigenvalue weighted by Crippen LogP contribution is 2.16. The van der Waals surface area contributed by atoms with Gasteiger partial charge in [-0.15, -0.1) is 0 Å². The molecule has 0 heterocycles. The molecule has 0 fully saturated rings. The topological polar surface area (TPSA) is 12.0 Å². The highest BCUT2D eigenvalue weighted by atomic mass is 79.9. The molecule has 0 aliphatic carbocycles. The molecule has 0 aliphatic heterocycles. The maximum absolute atomic E-state index is 5.90. The van der Waals surface area contributed by atoms with E-state index in [1.165, 1.54) is 5.56 Å². The fourth-order valence-corrected chi connectivity index (χ4v) is 1.86. The van der Waals surface area contributed by atoms with Gasteiger partial charge in [-0.3, -0.25) is 0 Å². The smallest absolute Gasteiger partial charge is 0.0426 e. The van der Waals surface area contributed by atoms with Crippen LogP contribution in [0.3, 0.4) is 0 Å². The minimum absolute atomic E-state index is 0.751. The number of benzene rings is 2. The number of hydrogen-bond donors (Lipinski definition) is 1. The Morgan fingerprint density at radius 2 is 1.81 bits per heavy atom. The van der Waals surface area contributed by atoms with E-state index in [1.807, 2.05) is 36.4 Å². The molecule has 0 spiro atoms. The van der Waals surface area contributed by atoms with E-state index in [2.05, 4.69) is 33.4 Å². The Labute approximate surface area is 109 Å². The zero-order valence-corrected chi connectivity index (χ0v) is 10.9. The highest BCUT2D eigenvalue weighted by Gasteiger charge is 1.95. The molecule has 2 aromatic rings. The number of hydrogen-bond acceptors (Lipinski definition) is 1. The number of anilines is 1. The number of halogens is 2. The second-order valence-corrected chi connectivity index (χ2v) is 4.84. The van der Waals surface area contributed by atoms with Crippen LogP contribution in [0.15, 0.2) is 53.0 Å². The second-order valence-electron chi connectivity index (χ2n) is 3.49. The molecule has 0 saturated heterocycles. The first-order valence-electron chi connectivity index (χ1n) is 4.98. The van der Waals surface area contributed by atoms with E-state index in [9.17, 15) is 0 Å². The van der Waals surface area contributed by atoms with Crippen molar-refractivity contribution in [2.75, 3.05) is 5.32 Å². The maximum atomic E-state index is 5.90. The normalized spacial score (nSPS) is 10.1. The first kappa shape index (κ1) is 11.5. The van der Waals surface area contributed by atoms with Crippen molar-refractivity contribution < 1.29 is 0 Å². The fraction of sp³-hybridized carbons (Fsp3) is 0.0769.